The maximum Gasteiger partial charge on any atom is 0.244 e. The van der Waals surface area contributed by atoms with Gasteiger partial charge in [0.2, 0.25) is 21.8 Å². The fourth-order valence-electron chi connectivity index (χ4n) is 4.03. The highest BCUT2D eigenvalue weighted by molar-refractivity contribution is 7.92. The summed E-state index contributed by atoms with van der Waals surface area (Å²) in [6, 6.07) is 22.6. The van der Waals surface area contributed by atoms with Crippen LogP contribution in [0.1, 0.15) is 30.0 Å². The number of rotatable bonds is 12. The summed E-state index contributed by atoms with van der Waals surface area (Å²) < 4.78 is 26.5. The molecule has 0 aliphatic heterocycles. The number of sulfonamides is 1. The van der Waals surface area contributed by atoms with Crippen LogP contribution < -0.4 is 9.62 Å². The molecule has 0 aromatic heterocycles. The number of hydrogen-bond donors (Lipinski definition) is 1. The minimum absolute atomic E-state index is 0.147. The lowest BCUT2D eigenvalue weighted by Crippen LogP contribution is -2.53. The Labute approximate surface area is 230 Å². The number of carbonyl (C=O) groups excluding carboxylic acids is 2. The molecule has 0 aliphatic rings. The second-order valence-corrected chi connectivity index (χ2v) is 11.6. The Morgan fingerprint density at radius 3 is 2.13 bits per heavy atom. The lowest BCUT2D eigenvalue weighted by atomic mass is 10.0. The third-order valence-corrected chi connectivity index (χ3v) is 7.48. The largest absolute Gasteiger partial charge is 0.354 e. The van der Waals surface area contributed by atoms with E-state index in [2.05, 4.69) is 5.32 Å². The van der Waals surface area contributed by atoms with Gasteiger partial charge in [-0.25, -0.2) is 8.42 Å². The van der Waals surface area contributed by atoms with Crippen molar-refractivity contribution in [2.24, 2.45) is 0 Å². The molecule has 1 unspecified atom stereocenters. The van der Waals surface area contributed by atoms with E-state index in [1.807, 2.05) is 68.4 Å². The summed E-state index contributed by atoms with van der Waals surface area (Å²) in [6.07, 6.45) is 2.08. The molecule has 0 radical (unpaired) electrons. The quantitative estimate of drug-likeness (QED) is 0.354. The van der Waals surface area contributed by atoms with Crippen molar-refractivity contribution in [2.45, 2.75) is 39.3 Å². The van der Waals surface area contributed by atoms with E-state index in [-0.39, 0.29) is 18.9 Å². The molecule has 0 saturated heterocycles. The third-order valence-electron chi connectivity index (χ3n) is 6.09. The van der Waals surface area contributed by atoms with Crippen LogP contribution in [0.4, 0.5) is 5.69 Å². The van der Waals surface area contributed by atoms with Crippen molar-refractivity contribution in [1.29, 1.82) is 0 Å². The third kappa shape index (κ3) is 8.33. The van der Waals surface area contributed by atoms with Crippen LogP contribution in [0, 0.1) is 6.92 Å². The van der Waals surface area contributed by atoms with Crippen LogP contribution in [-0.4, -0.2) is 50.5 Å². The zero-order chi connectivity index (χ0) is 27.7. The summed E-state index contributed by atoms with van der Waals surface area (Å²) in [7, 11) is -3.81. The van der Waals surface area contributed by atoms with E-state index in [9.17, 15) is 18.0 Å². The van der Waals surface area contributed by atoms with Crippen molar-refractivity contribution in [3.8, 4) is 0 Å². The minimum Gasteiger partial charge on any atom is -0.354 e. The van der Waals surface area contributed by atoms with Gasteiger partial charge in [0.05, 0.1) is 11.9 Å². The average Bonchev–Trinajstić information content (AvgIpc) is 2.89. The standard InChI is InChI=1S/C29H34ClN3O4S/c1-4-18-31-29(35)27(19-23-8-6-5-7-9-23)32(20-24-12-10-22(2)11-13-24)28(34)21-33(38(3,36)37)26-16-14-25(30)15-17-26/h5-17,27H,4,18-21H2,1-3H3,(H,31,35). The summed E-state index contributed by atoms with van der Waals surface area (Å²) >= 11 is 6.00. The Balaban J connectivity index is 2.02. The van der Waals surface area contributed by atoms with Gasteiger partial charge in [-0.05, 0) is 48.7 Å². The van der Waals surface area contributed by atoms with E-state index in [0.29, 0.717) is 17.3 Å². The number of nitrogens with zero attached hydrogens (tertiary/aromatic N) is 2. The molecule has 3 aromatic rings. The Morgan fingerprint density at radius 1 is 0.921 bits per heavy atom. The van der Waals surface area contributed by atoms with Gasteiger partial charge in [-0.1, -0.05) is 78.7 Å². The molecule has 0 saturated carbocycles. The van der Waals surface area contributed by atoms with Gasteiger partial charge in [-0.15, -0.1) is 0 Å². The lowest BCUT2D eigenvalue weighted by molar-refractivity contribution is -0.140. The van der Waals surface area contributed by atoms with Gasteiger partial charge in [0.1, 0.15) is 12.6 Å². The molecular weight excluding hydrogens is 522 g/mol. The number of amides is 2. The van der Waals surface area contributed by atoms with Gasteiger partial charge in [-0.3, -0.25) is 13.9 Å². The molecule has 3 rings (SSSR count). The summed E-state index contributed by atoms with van der Waals surface area (Å²) in [6.45, 7) is 4.08. The van der Waals surface area contributed by atoms with Gasteiger partial charge >= 0.3 is 0 Å². The zero-order valence-corrected chi connectivity index (χ0v) is 23.5. The predicted molar refractivity (Wildman–Crippen MR) is 153 cm³/mol. The fraction of sp³-hybridized carbons (Fsp3) is 0.310. The van der Waals surface area contributed by atoms with Crippen LogP contribution in [0.15, 0.2) is 78.9 Å². The van der Waals surface area contributed by atoms with E-state index >= 15 is 0 Å². The molecule has 202 valence electrons. The molecular formula is C29H34ClN3O4S. The summed E-state index contributed by atoms with van der Waals surface area (Å²) in [4.78, 5) is 28.9. The highest BCUT2D eigenvalue weighted by Crippen LogP contribution is 2.22. The normalized spacial score (nSPS) is 12.0. The molecule has 38 heavy (non-hydrogen) atoms. The highest BCUT2D eigenvalue weighted by atomic mass is 35.5. The maximum absolute atomic E-state index is 13.9. The van der Waals surface area contributed by atoms with Crippen LogP contribution in [0.25, 0.3) is 0 Å². The number of halogens is 1. The maximum atomic E-state index is 13.9. The van der Waals surface area contributed by atoms with Gasteiger partial charge < -0.3 is 10.2 Å². The van der Waals surface area contributed by atoms with Crippen molar-refractivity contribution in [3.05, 3.63) is 101 Å². The van der Waals surface area contributed by atoms with E-state index < -0.39 is 28.5 Å². The van der Waals surface area contributed by atoms with Gasteiger partial charge in [0, 0.05) is 24.5 Å². The van der Waals surface area contributed by atoms with Crippen LogP contribution in [0.5, 0.6) is 0 Å². The molecule has 0 aliphatic carbocycles. The number of anilines is 1. The second kappa shape index (κ2) is 13.4. The summed E-state index contributed by atoms with van der Waals surface area (Å²) in [5, 5.41) is 3.37. The molecule has 0 bridgehead atoms. The first-order valence-corrected chi connectivity index (χ1v) is 14.7. The molecule has 0 fully saturated rings. The van der Waals surface area contributed by atoms with Crippen molar-refractivity contribution in [3.63, 3.8) is 0 Å². The Bertz CT molecular complexity index is 1310. The van der Waals surface area contributed by atoms with Gasteiger partial charge in [0.15, 0.2) is 0 Å². The number of hydrogen-bond acceptors (Lipinski definition) is 4. The summed E-state index contributed by atoms with van der Waals surface area (Å²) in [5.74, 6) is -0.771. The zero-order valence-electron chi connectivity index (χ0n) is 21.9. The van der Waals surface area contributed by atoms with E-state index in [0.717, 1.165) is 33.7 Å². The van der Waals surface area contributed by atoms with Crippen molar-refractivity contribution >= 4 is 39.1 Å². The van der Waals surface area contributed by atoms with Gasteiger partial charge in [-0.2, -0.15) is 0 Å². The first-order chi connectivity index (χ1) is 18.1. The van der Waals surface area contributed by atoms with Crippen LogP contribution in [0.2, 0.25) is 5.02 Å². The molecule has 9 heteroatoms. The molecule has 2 amide bonds. The number of nitrogens with one attached hydrogen (secondary N) is 1. The Morgan fingerprint density at radius 2 is 1.55 bits per heavy atom. The molecule has 3 aromatic carbocycles. The van der Waals surface area contributed by atoms with E-state index in [1.54, 1.807) is 24.3 Å². The molecule has 0 heterocycles. The van der Waals surface area contributed by atoms with E-state index in [4.69, 9.17) is 11.6 Å². The number of benzene rings is 3. The van der Waals surface area contributed by atoms with Crippen molar-refractivity contribution in [2.75, 3.05) is 23.7 Å². The van der Waals surface area contributed by atoms with Crippen LogP contribution in [0.3, 0.4) is 0 Å². The van der Waals surface area contributed by atoms with E-state index in [1.165, 1.54) is 4.90 Å². The number of aryl methyl sites for hydroxylation is 1. The van der Waals surface area contributed by atoms with Crippen molar-refractivity contribution < 1.29 is 18.0 Å². The molecule has 7 nitrogen and oxygen atoms in total. The summed E-state index contributed by atoms with van der Waals surface area (Å²) in [5.41, 5.74) is 3.11. The van der Waals surface area contributed by atoms with Gasteiger partial charge in [0.25, 0.3) is 0 Å². The SMILES string of the molecule is CCCNC(=O)C(Cc1ccccc1)N(Cc1ccc(C)cc1)C(=O)CN(c1ccc(Cl)cc1)S(C)(=O)=O. The molecule has 0 spiro atoms. The molecule has 1 N–H and O–H groups in total. The number of carbonyl (C=O) groups is 2. The second-order valence-electron chi connectivity index (χ2n) is 9.25. The smallest absolute Gasteiger partial charge is 0.244 e. The lowest BCUT2D eigenvalue weighted by Gasteiger charge is -2.33. The predicted octanol–water partition coefficient (Wildman–Crippen LogP) is 4.58. The first-order valence-electron chi connectivity index (χ1n) is 12.5. The molecule has 1 atom stereocenters. The van der Waals surface area contributed by atoms with Crippen LogP contribution in [-0.2, 0) is 32.6 Å². The van der Waals surface area contributed by atoms with Crippen molar-refractivity contribution in [1.82, 2.24) is 10.2 Å². The highest BCUT2D eigenvalue weighted by Gasteiger charge is 2.32. The Hall–Kier alpha value is -3.36. The average molecular weight is 556 g/mol. The Kier molecular flexibility index (Phi) is 10.3. The topological polar surface area (TPSA) is 86.8 Å². The monoisotopic (exact) mass is 555 g/mol. The first kappa shape index (κ1) is 29.2. The fourth-order valence-corrected chi connectivity index (χ4v) is 5.01. The van der Waals surface area contributed by atoms with Crippen LogP contribution >= 0.6 is 11.6 Å². The minimum atomic E-state index is -3.81.